The fraction of sp³-hybridized carbons (Fsp3) is 0.778. The lowest BCUT2D eigenvalue weighted by atomic mass is 9.52. The Bertz CT molecular complexity index is 292. The Balaban J connectivity index is 2.26. The van der Waals surface area contributed by atoms with Gasteiger partial charge in [0.15, 0.2) is 0 Å². The Kier molecular flexibility index (Phi) is 1.35. The summed E-state index contributed by atoms with van der Waals surface area (Å²) in [4.78, 5) is 21.8. The maximum absolute atomic E-state index is 10.9. The van der Waals surface area contributed by atoms with Crippen LogP contribution >= 0.6 is 0 Å². The highest BCUT2D eigenvalue weighted by Gasteiger charge is 2.72. The van der Waals surface area contributed by atoms with Crippen LogP contribution in [0.2, 0.25) is 0 Å². The summed E-state index contributed by atoms with van der Waals surface area (Å²) in [6, 6.07) is 0. The molecular formula is C9H12O4. The first-order valence-corrected chi connectivity index (χ1v) is 4.39. The number of hydrogen-bond acceptors (Lipinski definition) is 2. The largest absolute Gasteiger partial charge is 0.481 e. The first-order valence-electron chi connectivity index (χ1n) is 4.39. The molecule has 4 heteroatoms. The summed E-state index contributed by atoms with van der Waals surface area (Å²) >= 11 is 0. The molecule has 1 spiro atoms. The van der Waals surface area contributed by atoms with E-state index in [1.54, 1.807) is 0 Å². The highest BCUT2D eigenvalue weighted by Crippen LogP contribution is 2.72. The number of carbonyl (C=O) groups is 2. The smallest absolute Gasteiger partial charge is 0.310 e. The Morgan fingerprint density at radius 1 is 1.31 bits per heavy atom. The second-order valence-electron chi connectivity index (χ2n) is 4.53. The first kappa shape index (κ1) is 8.53. The number of hydrogen-bond donors (Lipinski definition) is 2. The third kappa shape index (κ3) is 0.857. The van der Waals surface area contributed by atoms with Crippen molar-refractivity contribution in [2.24, 2.45) is 16.7 Å². The van der Waals surface area contributed by atoms with E-state index in [1.807, 2.05) is 0 Å². The molecule has 0 aromatic heterocycles. The van der Waals surface area contributed by atoms with Crippen molar-refractivity contribution in [2.75, 3.05) is 0 Å². The van der Waals surface area contributed by atoms with Crippen molar-refractivity contribution in [2.45, 2.75) is 26.2 Å². The van der Waals surface area contributed by atoms with Crippen molar-refractivity contribution in [1.82, 2.24) is 0 Å². The van der Waals surface area contributed by atoms with Gasteiger partial charge < -0.3 is 10.2 Å². The zero-order chi connectivity index (χ0) is 9.85. The summed E-state index contributed by atoms with van der Waals surface area (Å²) in [5.74, 6) is -2.59. The van der Waals surface area contributed by atoms with Crippen molar-refractivity contribution in [3.63, 3.8) is 0 Å². The number of carboxylic acid groups (broad SMARTS) is 2. The van der Waals surface area contributed by atoms with Gasteiger partial charge in [-0.05, 0) is 31.6 Å². The lowest BCUT2D eigenvalue weighted by molar-refractivity contribution is -0.183. The molecule has 2 aliphatic carbocycles. The van der Waals surface area contributed by atoms with Gasteiger partial charge in [0.1, 0.15) is 0 Å². The van der Waals surface area contributed by atoms with E-state index in [9.17, 15) is 9.59 Å². The first-order chi connectivity index (χ1) is 5.92. The van der Waals surface area contributed by atoms with Crippen molar-refractivity contribution >= 4 is 11.9 Å². The average Bonchev–Trinajstić information content (AvgIpc) is 2.66. The fourth-order valence-corrected chi connectivity index (χ4v) is 2.84. The molecule has 0 amide bonds. The standard InChI is InChI=1S/C9H12O4/c1-8(7(12)13)4-9(2-3-9)5(8)6(10)11/h5H,2-4H2,1H3,(H,10,11)(H,12,13). The van der Waals surface area contributed by atoms with Gasteiger partial charge in [-0.1, -0.05) is 0 Å². The Morgan fingerprint density at radius 2 is 1.85 bits per heavy atom. The zero-order valence-corrected chi connectivity index (χ0v) is 7.41. The van der Waals surface area contributed by atoms with Gasteiger partial charge >= 0.3 is 11.9 Å². The van der Waals surface area contributed by atoms with E-state index >= 15 is 0 Å². The minimum atomic E-state index is -1.03. The van der Waals surface area contributed by atoms with Gasteiger partial charge in [-0.15, -0.1) is 0 Å². The van der Waals surface area contributed by atoms with Gasteiger partial charge in [0.2, 0.25) is 0 Å². The van der Waals surface area contributed by atoms with Crippen LogP contribution in [-0.4, -0.2) is 22.2 Å². The fourth-order valence-electron chi connectivity index (χ4n) is 2.84. The van der Waals surface area contributed by atoms with Crippen LogP contribution < -0.4 is 0 Å². The van der Waals surface area contributed by atoms with Crippen molar-refractivity contribution < 1.29 is 19.8 Å². The maximum Gasteiger partial charge on any atom is 0.310 e. The van der Waals surface area contributed by atoms with E-state index in [-0.39, 0.29) is 5.41 Å². The molecule has 72 valence electrons. The molecule has 2 atom stereocenters. The molecule has 13 heavy (non-hydrogen) atoms. The monoisotopic (exact) mass is 184 g/mol. The molecule has 0 aromatic carbocycles. The average molecular weight is 184 g/mol. The van der Waals surface area contributed by atoms with E-state index in [0.29, 0.717) is 6.42 Å². The predicted molar refractivity (Wildman–Crippen MR) is 43.2 cm³/mol. The maximum atomic E-state index is 10.9. The van der Waals surface area contributed by atoms with Crippen LogP contribution in [0.15, 0.2) is 0 Å². The molecule has 0 aromatic rings. The lowest BCUT2D eigenvalue weighted by Crippen LogP contribution is -2.56. The molecule has 0 saturated heterocycles. The van der Waals surface area contributed by atoms with Gasteiger partial charge in [0.25, 0.3) is 0 Å². The van der Waals surface area contributed by atoms with Crippen LogP contribution in [0.5, 0.6) is 0 Å². The van der Waals surface area contributed by atoms with Crippen molar-refractivity contribution in [1.29, 1.82) is 0 Å². The minimum absolute atomic E-state index is 0.154. The molecule has 2 aliphatic rings. The van der Waals surface area contributed by atoms with E-state index in [1.165, 1.54) is 6.92 Å². The topological polar surface area (TPSA) is 74.6 Å². The van der Waals surface area contributed by atoms with Crippen LogP contribution in [0, 0.1) is 16.7 Å². The van der Waals surface area contributed by atoms with Crippen LogP contribution in [0.25, 0.3) is 0 Å². The Morgan fingerprint density at radius 3 is 2.15 bits per heavy atom. The van der Waals surface area contributed by atoms with Crippen LogP contribution in [-0.2, 0) is 9.59 Å². The van der Waals surface area contributed by atoms with Gasteiger partial charge in [0, 0.05) is 0 Å². The highest BCUT2D eigenvalue weighted by molar-refractivity contribution is 5.87. The minimum Gasteiger partial charge on any atom is -0.481 e. The molecule has 2 rings (SSSR count). The number of rotatable bonds is 2. The van der Waals surface area contributed by atoms with Crippen LogP contribution in [0.4, 0.5) is 0 Å². The summed E-state index contributed by atoms with van der Waals surface area (Å²) in [7, 11) is 0. The third-order valence-electron chi connectivity index (χ3n) is 3.60. The molecule has 4 nitrogen and oxygen atoms in total. The highest BCUT2D eigenvalue weighted by atomic mass is 16.4. The van der Waals surface area contributed by atoms with Crippen molar-refractivity contribution in [3.05, 3.63) is 0 Å². The second kappa shape index (κ2) is 2.05. The van der Waals surface area contributed by atoms with E-state index < -0.39 is 23.3 Å². The molecule has 0 aliphatic heterocycles. The van der Waals surface area contributed by atoms with Crippen LogP contribution in [0.1, 0.15) is 26.2 Å². The van der Waals surface area contributed by atoms with Gasteiger partial charge in [0.05, 0.1) is 11.3 Å². The molecule has 0 bridgehead atoms. The summed E-state index contributed by atoms with van der Waals surface area (Å²) in [6.45, 7) is 1.54. The number of aliphatic carboxylic acids is 2. The van der Waals surface area contributed by atoms with Gasteiger partial charge in [-0.3, -0.25) is 9.59 Å². The molecule has 0 radical (unpaired) electrons. The Hall–Kier alpha value is -1.06. The molecular weight excluding hydrogens is 172 g/mol. The van der Waals surface area contributed by atoms with E-state index in [4.69, 9.17) is 10.2 Å². The third-order valence-corrected chi connectivity index (χ3v) is 3.60. The quantitative estimate of drug-likeness (QED) is 0.670. The summed E-state index contributed by atoms with van der Waals surface area (Å²) < 4.78 is 0. The molecule has 2 saturated carbocycles. The van der Waals surface area contributed by atoms with Gasteiger partial charge in [-0.25, -0.2) is 0 Å². The van der Waals surface area contributed by atoms with E-state index in [2.05, 4.69) is 0 Å². The lowest BCUT2D eigenvalue weighted by Gasteiger charge is -2.48. The van der Waals surface area contributed by atoms with Crippen LogP contribution in [0.3, 0.4) is 0 Å². The molecule has 2 fully saturated rings. The summed E-state index contributed by atoms with van der Waals surface area (Å²) in [5.41, 5.74) is -1.18. The summed E-state index contributed by atoms with van der Waals surface area (Å²) in [5, 5.41) is 17.8. The molecule has 2 unspecified atom stereocenters. The normalized spacial score (nSPS) is 39.6. The van der Waals surface area contributed by atoms with Crippen molar-refractivity contribution in [3.8, 4) is 0 Å². The molecule has 2 N–H and O–H groups in total. The zero-order valence-electron chi connectivity index (χ0n) is 7.41. The van der Waals surface area contributed by atoms with Gasteiger partial charge in [-0.2, -0.15) is 0 Å². The summed E-state index contributed by atoms with van der Waals surface area (Å²) in [6.07, 6.45) is 2.30. The molecule has 0 heterocycles. The van der Waals surface area contributed by atoms with E-state index in [0.717, 1.165) is 12.8 Å². The number of carboxylic acids is 2. The second-order valence-corrected chi connectivity index (χ2v) is 4.53. The SMILES string of the molecule is CC1(C(=O)O)CC2(CC2)C1C(=O)O. The predicted octanol–water partition coefficient (Wildman–Crippen LogP) is 0.962. The Labute approximate surface area is 75.6 Å².